The van der Waals surface area contributed by atoms with Crippen molar-refractivity contribution in [3.05, 3.63) is 0 Å². The van der Waals surface area contributed by atoms with Gasteiger partial charge in [-0.15, -0.1) is 0 Å². The van der Waals surface area contributed by atoms with Crippen molar-refractivity contribution < 1.29 is 8.42 Å². The number of rotatable bonds is 5. The highest BCUT2D eigenvalue weighted by Gasteiger charge is 2.38. The molecule has 0 amide bonds. The van der Waals surface area contributed by atoms with Crippen LogP contribution in [0.1, 0.15) is 39.0 Å². The maximum Gasteiger partial charge on any atom is 0.208 e. The first kappa shape index (κ1) is 18.9. The summed E-state index contributed by atoms with van der Waals surface area (Å²) in [6.45, 7) is 5.78. The van der Waals surface area contributed by atoms with Gasteiger partial charge in [-0.1, -0.05) is 19.3 Å². The summed E-state index contributed by atoms with van der Waals surface area (Å²) in [7, 11) is -3.14. The van der Waals surface area contributed by atoms with E-state index in [4.69, 9.17) is 0 Å². The van der Waals surface area contributed by atoms with Gasteiger partial charge in [0.1, 0.15) is 0 Å². The van der Waals surface area contributed by atoms with E-state index in [1.165, 1.54) is 38.4 Å². The minimum atomic E-state index is -3.14. The third kappa shape index (κ3) is 6.15. The molecule has 6 nitrogen and oxygen atoms in total. The van der Waals surface area contributed by atoms with Crippen LogP contribution in [-0.2, 0) is 10.0 Å². The lowest BCUT2D eigenvalue weighted by atomic mass is 9.87. The average Bonchev–Trinajstić information content (AvgIpc) is 2.50. The Morgan fingerprint density at radius 2 is 2.04 bits per heavy atom. The molecule has 1 aliphatic heterocycles. The summed E-state index contributed by atoms with van der Waals surface area (Å²) >= 11 is 2.14. The lowest BCUT2D eigenvalue weighted by molar-refractivity contribution is 0.293. The van der Waals surface area contributed by atoms with Crippen LogP contribution in [0.3, 0.4) is 0 Å². The molecule has 0 bridgehead atoms. The van der Waals surface area contributed by atoms with Crippen LogP contribution in [0.25, 0.3) is 0 Å². The van der Waals surface area contributed by atoms with Crippen molar-refractivity contribution in [2.24, 2.45) is 4.99 Å². The highest BCUT2D eigenvalue weighted by Crippen LogP contribution is 2.42. The summed E-state index contributed by atoms with van der Waals surface area (Å²) < 4.78 is 25.1. The van der Waals surface area contributed by atoms with Gasteiger partial charge in [-0.2, -0.15) is 11.8 Å². The Hall–Kier alpha value is -0.470. The quantitative estimate of drug-likeness (QED) is 0.437. The van der Waals surface area contributed by atoms with Gasteiger partial charge in [-0.05, 0) is 19.8 Å². The Kier molecular flexibility index (Phi) is 7.03. The Labute approximate surface area is 144 Å². The largest absolute Gasteiger partial charge is 0.357 e. The zero-order chi connectivity index (χ0) is 16.8. The number of hydrogen-bond acceptors (Lipinski definition) is 4. The van der Waals surface area contributed by atoms with Gasteiger partial charge in [0.05, 0.1) is 12.8 Å². The number of hydrogen-bond donors (Lipinski definition) is 2. The Bertz CT molecular complexity index is 496. The zero-order valence-corrected chi connectivity index (χ0v) is 15.9. The van der Waals surface area contributed by atoms with E-state index in [0.717, 1.165) is 31.3 Å². The van der Waals surface area contributed by atoms with Crippen LogP contribution >= 0.6 is 11.8 Å². The second kappa shape index (κ2) is 8.58. The van der Waals surface area contributed by atoms with E-state index >= 15 is 0 Å². The Morgan fingerprint density at radius 1 is 1.30 bits per heavy atom. The molecule has 2 aliphatic rings. The minimum absolute atomic E-state index is 0.349. The summed E-state index contributed by atoms with van der Waals surface area (Å²) in [5, 5.41) is 3.36. The molecule has 0 unspecified atom stereocenters. The lowest BCUT2D eigenvalue weighted by Gasteiger charge is -2.45. The van der Waals surface area contributed by atoms with Crippen LogP contribution in [-0.4, -0.2) is 68.8 Å². The number of nitrogens with one attached hydrogen (secondary N) is 2. The summed E-state index contributed by atoms with van der Waals surface area (Å²) in [6, 6.07) is 0. The average molecular weight is 363 g/mol. The number of sulfonamides is 1. The highest BCUT2D eigenvalue weighted by atomic mass is 32.2. The van der Waals surface area contributed by atoms with Gasteiger partial charge in [0.25, 0.3) is 0 Å². The van der Waals surface area contributed by atoms with Gasteiger partial charge in [-0.3, -0.25) is 4.99 Å². The van der Waals surface area contributed by atoms with Crippen LogP contribution in [0.2, 0.25) is 0 Å². The van der Waals surface area contributed by atoms with E-state index in [9.17, 15) is 8.42 Å². The lowest BCUT2D eigenvalue weighted by Crippen LogP contribution is -2.53. The van der Waals surface area contributed by atoms with E-state index in [0.29, 0.717) is 17.8 Å². The van der Waals surface area contributed by atoms with Crippen molar-refractivity contribution in [2.75, 3.05) is 44.7 Å². The van der Waals surface area contributed by atoms with E-state index < -0.39 is 10.0 Å². The minimum Gasteiger partial charge on any atom is -0.357 e. The molecular formula is C15H30N4O2S2. The summed E-state index contributed by atoms with van der Waals surface area (Å²) in [5.41, 5.74) is 0. The maximum absolute atomic E-state index is 11.1. The summed E-state index contributed by atoms with van der Waals surface area (Å²) in [5.74, 6) is 2.07. The third-order valence-electron chi connectivity index (χ3n) is 4.39. The standard InChI is InChI=1S/C15H30N4O2S2/c1-3-16-14(17-9-10-18-23(2,20)21)19-11-12-22-15(13-19)7-5-4-6-8-15/h18H,3-13H2,1-2H3,(H,16,17). The molecule has 0 radical (unpaired) electrons. The molecule has 23 heavy (non-hydrogen) atoms. The molecule has 2 N–H and O–H groups in total. The van der Waals surface area contributed by atoms with Gasteiger partial charge in [-0.25, -0.2) is 13.1 Å². The molecule has 2 fully saturated rings. The van der Waals surface area contributed by atoms with Crippen LogP contribution in [0.15, 0.2) is 4.99 Å². The molecule has 0 aromatic heterocycles. The van der Waals surface area contributed by atoms with E-state index in [1.54, 1.807) is 0 Å². The normalized spacial score (nSPS) is 22.3. The summed E-state index contributed by atoms with van der Waals surface area (Å²) in [4.78, 5) is 6.98. The topological polar surface area (TPSA) is 73.8 Å². The van der Waals surface area contributed by atoms with Gasteiger partial charge in [0.15, 0.2) is 5.96 Å². The fourth-order valence-corrected chi connectivity index (χ4v) is 5.37. The number of guanidine groups is 1. The Balaban J connectivity index is 1.95. The molecule has 1 saturated heterocycles. The van der Waals surface area contributed by atoms with Crippen LogP contribution in [0.4, 0.5) is 0 Å². The predicted molar refractivity (Wildman–Crippen MR) is 98.7 cm³/mol. The van der Waals surface area contributed by atoms with Crippen LogP contribution in [0.5, 0.6) is 0 Å². The monoisotopic (exact) mass is 362 g/mol. The second-order valence-corrected chi connectivity index (χ2v) is 9.81. The fourth-order valence-electron chi connectivity index (χ4n) is 3.34. The molecule has 134 valence electrons. The van der Waals surface area contributed by atoms with Crippen molar-refractivity contribution in [3.8, 4) is 0 Å². The van der Waals surface area contributed by atoms with Crippen molar-refractivity contribution in [1.29, 1.82) is 0 Å². The second-order valence-electron chi connectivity index (χ2n) is 6.42. The third-order valence-corrected chi connectivity index (χ3v) is 6.65. The zero-order valence-electron chi connectivity index (χ0n) is 14.3. The van der Waals surface area contributed by atoms with Crippen molar-refractivity contribution in [1.82, 2.24) is 14.9 Å². The number of nitrogens with zero attached hydrogens (tertiary/aromatic N) is 2. The molecule has 1 aliphatic carbocycles. The molecule has 1 spiro atoms. The highest BCUT2D eigenvalue weighted by molar-refractivity contribution is 8.00. The van der Waals surface area contributed by atoms with E-state index in [2.05, 4.69) is 38.6 Å². The summed E-state index contributed by atoms with van der Waals surface area (Å²) in [6.07, 6.45) is 7.84. The number of aliphatic imine (C=N–C) groups is 1. The van der Waals surface area contributed by atoms with Crippen molar-refractivity contribution in [2.45, 2.75) is 43.8 Å². The van der Waals surface area contributed by atoms with Crippen molar-refractivity contribution >= 4 is 27.7 Å². The van der Waals surface area contributed by atoms with Crippen LogP contribution < -0.4 is 10.0 Å². The first-order valence-corrected chi connectivity index (χ1v) is 11.4. The Morgan fingerprint density at radius 3 is 2.70 bits per heavy atom. The molecule has 8 heteroatoms. The van der Waals surface area contributed by atoms with E-state index in [1.807, 2.05) is 0 Å². The number of thioether (sulfide) groups is 1. The van der Waals surface area contributed by atoms with Gasteiger partial charge in [0.2, 0.25) is 10.0 Å². The molecule has 0 aromatic carbocycles. The molecule has 0 atom stereocenters. The van der Waals surface area contributed by atoms with Gasteiger partial charge in [0, 0.05) is 36.7 Å². The fraction of sp³-hybridized carbons (Fsp3) is 0.933. The maximum atomic E-state index is 11.1. The van der Waals surface area contributed by atoms with Crippen molar-refractivity contribution in [3.63, 3.8) is 0 Å². The smallest absolute Gasteiger partial charge is 0.208 e. The molecule has 0 aromatic rings. The first-order valence-electron chi connectivity index (χ1n) is 8.56. The van der Waals surface area contributed by atoms with Gasteiger partial charge < -0.3 is 10.2 Å². The molecule has 2 rings (SSSR count). The predicted octanol–water partition coefficient (Wildman–Crippen LogP) is 1.25. The molecule has 1 saturated carbocycles. The van der Waals surface area contributed by atoms with E-state index in [-0.39, 0.29) is 0 Å². The SMILES string of the molecule is CCNC(=NCCNS(C)(=O)=O)N1CCSC2(CCCCC2)C1. The molecule has 1 heterocycles. The molecular weight excluding hydrogens is 332 g/mol. The van der Waals surface area contributed by atoms with Gasteiger partial charge >= 0.3 is 0 Å². The van der Waals surface area contributed by atoms with Crippen LogP contribution in [0, 0.1) is 0 Å². The first-order chi connectivity index (χ1) is 10.9.